The van der Waals surface area contributed by atoms with Crippen molar-refractivity contribution in [3.63, 3.8) is 0 Å². The van der Waals surface area contributed by atoms with Crippen molar-refractivity contribution in [3.05, 3.63) is 119 Å². The Labute approximate surface area is 248 Å². The molecule has 0 spiro atoms. The molecule has 4 rings (SSSR count). The van der Waals surface area contributed by atoms with E-state index in [1.54, 1.807) is 85.2 Å². The number of aliphatic imine (C=N–C) groups is 2. The first kappa shape index (κ1) is 30.7. The number of para-hydroxylation sites is 2. The highest BCUT2D eigenvalue weighted by Gasteiger charge is 2.16. The number of nitrogens with zero attached hydrogens (tertiary/aromatic N) is 2. The van der Waals surface area contributed by atoms with Gasteiger partial charge in [-0.05, 0) is 63.1 Å². The van der Waals surface area contributed by atoms with Crippen LogP contribution in [0.5, 0.6) is 0 Å². The van der Waals surface area contributed by atoms with Crippen LogP contribution in [0.25, 0.3) is 0 Å². The molecule has 10 heteroatoms. The maximum Gasteiger partial charge on any atom is 0.261 e. The van der Waals surface area contributed by atoms with Gasteiger partial charge in [0.1, 0.15) is 0 Å². The van der Waals surface area contributed by atoms with Crippen molar-refractivity contribution in [2.24, 2.45) is 9.98 Å². The first-order valence-corrected chi connectivity index (χ1v) is 16.5. The van der Waals surface area contributed by atoms with Crippen LogP contribution in [0.3, 0.4) is 0 Å². The van der Waals surface area contributed by atoms with E-state index in [1.165, 1.54) is 0 Å². The van der Waals surface area contributed by atoms with Crippen LogP contribution in [0.1, 0.15) is 35.1 Å². The van der Waals surface area contributed by atoms with Crippen LogP contribution in [0.2, 0.25) is 0 Å². The molecule has 0 aliphatic heterocycles. The zero-order valence-electron chi connectivity index (χ0n) is 23.6. The summed E-state index contributed by atoms with van der Waals surface area (Å²) in [6.07, 6.45) is 4.92. The van der Waals surface area contributed by atoms with E-state index in [-0.39, 0.29) is 9.79 Å². The highest BCUT2D eigenvalue weighted by atomic mass is 32.2. The minimum atomic E-state index is -3.72. The molecule has 0 atom stereocenters. The molecule has 0 fully saturated rings. The first-order valence-electron chi connectivity index (χ1n) is 13.5. The Morgan fingerprint density at radius 3 is 1.29 bits per heavy atom. The van der Waals surface area contributed by atoms with Crippen molar-refractivity contribution in [3.8, 4) is 0 Å². The summed E-state index contributed by atoms with van der Waals surface area (Å²) in [5.41, 5.74) is 4.25. The van der Waals surface area contributed by atoms with Crippen LogP contribution < -0.4 is 9.44 Å². The molecule has 8 nitrogen and oxygen atoms in total. The Hall–Kier alpha value is -4.28. The molecule has 0 radical (unpaired) electrons. The van der Waals surface area contributed by atoms with Gasteiger partial charge < -0.3 is 0 Å². The number of sulfonamides is 2. The van der Waals surface area contributed by atoms with E-state index in [4.69, 9.17) is 0 Å². The van der Waals surface area contributed by atoms with Crippen molar-refractivity contribution in [2.45, 2.75) is 36.5 Å². The maximum atomic E-state index is 12.8. The molecule has 0 unspecified atom stereocenters. The van der Waals surface area contributed by atoms with Crippen molar-refractivity contribution < 1.29 is 16.8 Å². The van der Waals surface area contributed by atoms with Crippen LogP contribution in [-0.2, 0) is 20.0 Å². The summed E-state index contributed by atoms with van der Waals surface area (Å²) in [7, 11) is -7.43. The molecule has 0 aliphatic carbocycles. The summed E-state index contributed by atoms with van der Waals surface area (Å²) in [6.45, 7) is 4.92. The number of hydrogen-bond donors (Lipinski definition) is 2. The summed E-state index contributed by atoms with van der Waals surface area (Å²) in [6, 6.07) is 27.6. The minimum Gasteiger partial charge on any atom is -0.292 e. The minimum absolute atomic E-state index is 0.201. The number of anilines is 2. The molecule has 0 bridgehead atoms. The molecule has 0 aromatic heterocycles. The average Bonchev–Trinajstić information content (AvgIpc) is 2.96. The lowest BCUT2D eigenvalue weighted by Crippen LogP contribution is -2.14. The van der Waals surface area contributed by atoms with Gasteiger partial charge in [-0.2, -0.15) is 0 Å². The summed E-state index contributed by atoms with van der Waals surface area (Å²) in [4.78, 5) is 9.35. The van der Waals surface area contributed by atoms with Gasteiger partial charge in [0.15, 0.2) is 0 Å². The highest BCUT2D eigenvalue weighted by Crippen LogP contribution is 2.21. The molecule has 0 aliphatic rings. The molecule has 2 N–H and O–H groups in total. The number of hydrogen-bond acceptors (Lipinski definition) is 6. The van der Waals surface area contributed by atoms with Crippen LogP contribution in [0.15, 0.2) is 117 Å². The van der Waals surface area contributed by atoms with Gasteiger partial charge >= 0.3 is 0 Å². The third kappa shape index (κ3) is 8.61. The predicted molar refractivity (Wildman–Crippen MR) is 171 cm³/mol. The third-order valence-corrected chi connectivity index (χ3v) is 9.12. The lowest BCUT2D eigenvalue weighted by molar-refractivity contribution is 0.599. The number of aryl methyl sites for hydroxylation is 2. The van der Waals surface area contributed by atoms with E-state index in [2.05, 4.69) is 19.4 Å². The number of nitrogens with one attached hydrogen (secondary N) is 2. The summed E-state index contributed by atoms with van der Waals surface area (Å²) >= 11 is 0. The van der Waals surface area contributed by atoms with Crippen LogP contribution in [0, 0.1) is 13.8 Å². The van der Waals surface area contributed by atoms with E-state index >= 15 is 0 Å². The standard InChI is InChI=1S/C32H34N4O4S2/c1-25-13-17-29(18-14-25)41(37,38)35-31-11-5-3-9-27(31)23-33-21-7-8-22-34-24-28-10-4-6-12-32(28)36-42(39,40)30-19-15-26(2)16-20-30/h3-6,9-20,23-24,35-36H,7-8,21-22H2,1-2H3. The second-order valence-electron chi connectivity index (χ2n) is 9.79. The first-order chi connectivity index (χ1) is 20.1. The molecule has 0 heterocycles. The number of unbranched alkanes of at least 4 members (excludes halogenated alkanes) is 1. The monoisotopic (exact) mass is 602 g/mol. The molecular formula is C32H34N4O4S2. The Kier molecular flexibility index (Phi) is 10.3. The Morgan fingerprint density at radius 2 is 0.905 bits per heavy atom. The van der Waals surface area contributed by atoms with Gasteiger partial charge in [0.2, 0.25) is 0 Å². The van der Waals surface area contributed by atoms with Crippen molar-refractivity contribution >= 4 is 43.9 Å². The second-order valence-corrected chi connectivity index (χ2v) is 13.2. The fraction of sp³-hybridized carbons (Fsp3) is 0.188. The molecule has 4 aromatic carbocycles. The molecular weight excluding hydrogens is 569 g/mol. The van der Waals surface area contributed by atoms with Gasteiger partial charge in [0.25, 0.3) is 20.0 Å². The number of rotatable bonds is 13. The Morgan fingerprint density at radius 1 is 0.548 bits per heavy atom. The van der Waals surface area contributed by atoms with E-state index in [0.29, 0.717) is 35.6 Å². The third-order valence-electron chi connectivity index (χ3n) is 6.36. The fourth-order valence-corrected chi connectivity index (χ4v) is 6.15. The van der Waals surface area contributed by atoms with E-state index in [9.17, 15) is 16.8 Å². The van der Waals surface area contributed by atoms with E-state index < -0.39 is 20.0 Å². The van der Waals surface area contributed by atoms with Crippen molar-refractivity contribution in [2.75, 3.05) is 22.5 Å². The highest BCUT2D eigenvalue weighted by molar-refractivity contribution is 7.93. The van der Waals surface area contributed by atoms with Gasteiger partial charge in [-0.3, -0.25) is 19.4 Å². The largest absolute Gasteiger partial charge is 0.292 e. The lowest BCUT2D eigenvalue weighted by atomic mass is 10.2. The maximum absolute atomic E-state index is 12.8. The zero-order valence-corrected chi connectivity index (χ0v) is 25.2. The fourth-order valence-electron chi connectivity index (χ4n) is 3.98. The SMILES string of the molecule is Cc1ccc(S(=O)(=O)Nc2ccccc2C=NCCCCN=Cc2ccccc2NS(=O)(=O)c2ccc(C)cc2)cc1. The summed E-state index contributed by atoms with van der Waals surface area (Å²) in [5.74, 6) is 0. The molecule has 0 saturated heterocycles. The summed E-state index contributed by atoms with van der Waals surface area (Å²) in [5, 5.41) is 0. The zero-order chi connectivity index (χ0) is 30.0. The average molecular weight is 603 g/mol. The second kappa shape index (κ2) is 14.1. The van der Waals surface area contributed by atoms with Gasteiger partial charge in [-0.15, -0.1) is 0 Å². The van der Waals surface area contributed by atoms with E-state index in [0.717, 1.165) is 24.0 Å². The Bertz CT molecular complexity index is 1630. The van der Waals surface area contributed by atoms with Gasteiger partial charge in [-0.1, -0.05) is 71.8 Å². The normalized spacial score (nSPS) is 12.1. The van der Waals surface area contributed by atoms with E-state index in [1.807, 2.05) is 38.1 Å². The molecule has 42 heavy (non-hydrogen) atoms. The molecule has 0 amide bonds. The topological polar surface area (TPSA) is 117 Å². The van der Waals surface area contributed by atoms with Crippen LogP contribution in [-0.4, -0.2) is 42.4 Å². The van der Waals surface area contributed by atoms with Gasteiger partial charge in [0.05, 0.1) is 21.2 Å². The Balaban J connectivity index is 1.28. The molecule has 4 aromatic rings. The van der Waals surface area contributed by atoms with Gasteiger partial charge in [-0.25, -0.2) is 16.8 Å². The van der Waals surface area contributed by atoms with Crippen LogP contribution in [0.4, 0.5) is 11.4 Å². The smallest absolute Gasteiger partial charge is 0.261 e. The van der Waals surface area contributed by atoms with Crippen molar-refractivity contribution in [1.82, 2.24) is 0 Å². The van der Waals surface area contributed by atoms with Crippen LogP contribution >= 0.6 is 0 Å². The molecule has 218 valence electrons. The summed E-state index contributed by atoms with van der Waals surface area (Å²) < 4.78 is 56.5. The number of benzene rings is 4. The van der Waals surface area contributed by atoms with Crippen molar-refractivity contribution in [1.29, 1.82) is 0 Å². The molecule has 0 saturated carbocycles. The lowest BCUT2D eigenvalue weighted by Gasteiger charge is -2.11. The quantitative estimate of drug-likeness (QED) is 0.139. The predicted octanol–water partition coefficient (Wildman–Crippen LogP) is 6.22. The van der Waals surface area contributed by atoms with Gasteiger partial charge in [0, 0.05) is 36.6 Å².